The molecule has 0 saturated heterocycles. The molecule has 0 aromatic rings. The molecular formula is C32H76I4N16O4. The molecule has 0 fully saturated rings. The summed E-state index contributed by atoms with van der Waals surface area (Å²) >= 11 is 0. The van der Waals surface area contributed by atoms with Crippen molar-refractivity contribution in [2.24, 2.45) is 42.9 Å². The fourth-order valence-electron chi connectivity index (χ4n) is 2.85. The van der Waals surface area contributed by atoms with E-state index in [1.54, 1.807) is 0 Å². The first-order valence-electron chi connectivity index (χ1n) is 16.9. The lowest BCUT2D eigenvalue weighted by molar-refractivity contribution is -0.873. The zero-order valence-electron chi connectivity index (χ0n) is 35.8. The fraction of sp³-hybridized carbons (Fsp3) is 0.750. The van der Waals surface area contributed by atoms with E-state index in [0.717, 1.165) is 95.6 Å². The quantitative estimate of drug-likeness (QED) is 0.0151. The number of hydrogen-bond donors (Lipinski definition) is 8. The van der Waals surface area contributed by atoms with Gasteiger partial charge >= 0.3 is 0 Å². The topological polar surface area (TPSA) is 270 Å². The third-order valence-corrected chi connectivity index (χ3v) is 4.89. The van der Waals surface area contributed by atoms with Gasteiger partial charge in [0.15, 0.2) is 0 Å². The summed E-state index contributed by atoms with van der Waals surface area (Å²) in [6.45, 7) is 8.92. The molecule has 336 valence electrons. The minimum Gasteiger partial charge on any atom is -1.00 e. The molecule has 0 unspecified atom stereocenters. The first-order chi connectivity index (χ1) is 23.7. The highest BCUT2D eigenvalue weighted by Crippen LogP contribution is 1.86. The molecule has 0 aliphatic carbocycles. The molecular weight excluding hydrogens is 1180 g/mol. The van der Waals surface area contributed by atoms with Gasteiger partial charge in [-0.15, -0.1) is 0 Å². The van der Waals surface area contributed by atoms with Gasteiger partial charge in [-0.2, -0.15) is 0 Å². The molecule has 0 rings (SSSR count). The second kappa shape index (κ2) is 43.7. The Kier molecular flexibility index (Phi) is 56.8. The number of quaternary nitrogens is 4. The maximum atomic E-state index is 10.2. The zero-order chi connectivity index (χ0) is 41.3. The number of aliphatic imine (C=N–C) groups is 4. The van der Waals surface area contributed by atoms with E-state index < -0.39 is 23.6 Å². The summed E-state index contributed by atoms with van der Waals surface area (Å²) in [5.41, 5.74) is 19.5. The normalized spacial score (nSPS) is 11.4. The number of amides is 4. The molecule has 0 aliphatic heterocycles. The maximum Gasteiger partial charge on any atom is 0.259 e. The van der Waals surface area contributed by atoms with E-state index in [9.17, 15) is 19.2 Å². The van der Waals surface area contributed by atoms with Crippen LogP contribution in [0.5, 0.6) is 0 Å². The van der Waals surface area contributed by atoms with Crippen LogP contribution >= 0.6 is 0 Å². The average Bonchev–Trinajstić information content (AvgIpc) is 2.94. The summed E-state index contributed by atoms with van der Waals surface area (Å²) in [6, 6.07) is 0. The largest absolute Gasteiger partial charge is 1.00 e. The minimum atomic E-state index is -0.494. The third-order valence-electron chi connectivity index (χ3n) is 4.89. The number of nitrogens with one attached hydrogen (secondary N) is 4. The van der Waals surface area contributed by atoms with Crippen LogP contribution in [0, 0.1) is 0 Å². The Bertz CT molecular complexity index is 921. The van der Waals surface area contributed by atoms with Crippen molar-refractivity contribution in [3.05, 3.63) is 0 Å². The van der Waals surface area contributed by atoms with Crippen molar-refractivity contribution in [3.8, 4) is 0 Å². The van der Waals surface area contributed by atoms with Crippen molar-refractivity contribution in [1.29, 1.82) is 0 Å². The molecule has 20 nitrogen and oxygen atoms in total. The van der Waals surface area contributed by atoms with Crippen molar-refractivity contribution in [2.45, 2.75) is 0 Å². The third kappa shape index (κ3) is 94.3. The molecule has 0 aliphatic rings. The van der Waals surface area contributed by atoms with Crippen molar-refractivity contribution < 1.29 is 133 Å². The van der Waals surface area contributed by atoms with Gasteiger partial charge in [0.05, 0.1) is 136 Å². The predicted molar refractivity (Wildman–Crippen MR) is 214 cm³/mol. The van der Waals surface area contributed by atoms with Crippen LogP contribution in [0.15, 0.2) is 20.0 Å². The SMILES string of the molecule is C[N+](C)(C)CNCCN=CC(N)=O.C[N+](C)(C)CNCCN=CC(N)=O.C[N+](C)(C)CNCCN=CC(N)=O.C[N+](C)(C)CNCCN=CC(N)=O.[I-].[I-].[I-].[I-]. The standard InChI is InChI=1S/4C8H18N4O.4HI/c4*1-12(2,3)7-11-5-4-10-6-8(9)13;;;;/h4*6,11H,4-5,7H2,1-3H3,(H-,9,13);4*1H. The van der Waals surface area contributed by atoms with E-state index in [1.807, 2.05) is 0 Å². The number of carbonyl (C=O) groups is 4. The molecule has 0 aromatic carbocycles. The van der Waals surface area contributed by atoms with Gasteiger partial charge in [-0.3, -0.25) is 60.4 Å². The van der Waals surface area contributed by atoms with Gasteiger partial charge in [0.1, 0.15) is 26.7 Å². The average molecular weight is 1260 g/mol. The summed E-state index contributed by atoms with van der Waals surface area (Å²) in [4.78, 5) is 56.2. The Morgan fingerprint density at radius 3 is 0.625 bits per heavy atom. The van der Waals surface area contributed by atoms with E-state index in [2.05, 4.69) is 126 Å². The van der Waals surface area contributed by atoms with E-state index in [4.69, 9.17) is 22.9 Å². The molecule has 56 heavy (non-hydrogen) atoms. The van der Waals surface area contributed by atoms with Gasteiger partial charge in [-0.05, 0) is 0 Å². The summed E-state index contributed by atoms with van der Waals surface area (Å²) in [6.07, 6.45) is 4.59. The molecule has 0 heterocycles. The van der Waals surface area contributed by atoms with Crippen LogP contribution in [0.4, 0.5) is 0 Å². The second-order valence-corrected chi connectivity index (χ2v) is 15.5. The molecule has 0 saturated carbocycles. The monoisotopic (exact) mass is 1260 g/mol. The lowest BCUT2D eigenvalue weighted by Crippen LogP contribution is -3.00. The summed E-state index contributed by atoms with van der Waals surface area (Å²) < 4.78 is 3.44. The van der Waals surface area contributed by atoms with Gasteiger partial charge in [0.2, 0.25) is 0 Å². The van der Waals surface area contributed by atoms with E-state index in [1.165, 1.54) is 0 Å². The number of hydrogen-bond acceptors (Lipinski definition) is 12. The summed E-state index contributed by atoms with van der Waals surface area (Å²) in [5, 5.41) is 12.8. The van der Waals surface area contributed by atoms with Crippen LogP contribution in [0.3, 0.4) is 0 Å². The van der Waals surface area contributed by atoms with Crippen LogP contribution < -0.4 is 140 Å². The van der Waals surface area contributed by atoms with E-state index in [-0.39, 0.29) is 95.9 Å². The minimum absolute atomic E-state index is 0. The van der Waals surface area contributed by atoms with Crippen LogP contribution in [0.25, 0.3) is 0 Å². The van der Waals surface area contributed by atoms with Gasteiger partial charge in [-0.1, -0.05) is 0 Å². The highest BCUT2D eigenvalue weighted by Gasteiger charge is 2.06. The Morgan fingerprint density at radius 1 is 0.375 bits per heavy atom. The van der Waals surface area contributed by atoms with Crippen LogP contribution in [-0.2, 0) is 19.2 Å². The molecule has 4 amide bonds. The Balaban J connectivity index is -0.0000000893. The molecule has 0 radical (unpaired) electrons. The Labute approximate surface area is 405 Å². The lowest BCUT2D eigenvalue weighted by Gasteiger charge is -2.23. The number of rotatable bonds is 24. The molecule has 0 aromatic heterocycles. The summed E-state index contributed by atoms with van der Waals surface area (Å²) in [7, 11) is 25.2. The highest BCUT2D eigenvalue weighted by molar-refractivity contribution is 6.26. The van der Waals surface area contributed by atoms with Crippen molar-refractivity contribution in [1.82, 2.24) is 21.3 Å². The zero-order valence-corrected chi connectivity index (χ0v) is 44.5. The molecule has 0 atom stereocenters. The smallest absolute Gasteiger partial charge is 0.259 e. The van der Waals surface area contributed by atoms with Gasteiger partial charge in [0, 0.05) is 26.2 Å². The van der Waals surface area contributed by atoms with Gasteiger partial charge in [0.25, 0.3) is 23.6 Å². The van der Waals surface area contributed by atoms with Crippen LogP contribution in [0.1, 0.15) is 0 Å². The van der Waals surface area contributed by atoms with E-state index >= 15 is 0 Å². The van der Waals surface area contributed by atoms with E-state index in [0.29, 0.717) is 26.2 Å². The first-order valence-corrected chi connectivity index (χ1v) is 16.9. The molecule has 0 bridgehead atoms. The summed E-state index contributed by atoms with van der Waals surface area (Å²) in [5.74, 6) is -1.98. The van der Waals surface area contributed by atoms with Crippen molar-refractivity contribution >= 4 is 48.5 Å². The van der Waals surface area contributed by atoms with Crippen LogP contribution in [0.2, 0.25) is 0 Å². The Morgan fingerprint density at radius 2 is 0.518 bits per heavy atom. The van der Waals surface area contributed by atoms with Crippen molar-refractivity contribution in [2.75, 3.05) is 164 Å². The number of primary amides is 4. The van der Waals surface area contributed by atoms with Crippen LogP contribution in [-0.4, -0.2) is 230 Å². The lowest BCUT2D eigenvalue weighted by atomic mass is 10.6. The van der Waals surface area contributed by atoms with Crippen molar-refractivity contribution in [3.63, 3.8) is 0 Å². The highest BCUT2D eigenvalue weighted by atomic mass is 127. The fourth-order valence-corrected chi connectivity index (χ4v) is 2.85. The molecule has 12 N–H and O–H groups in total. The number of nitrogens with zero attached hydrogens (tertiary/aromatic N) is 8. The second-order valence-electron chi connectivity index (χ2n) is 15.5. The number of halogens is 4. The number of nitrogens with two attached hydrogens (primary N) is 4. The molecule has 0 spiro atoms. The first kappa shape index (κ1) is 72.8. The van der Waals surface area contributed by atoms with Gasteiger partial charge < -0.3 is 137 Å². The Hall–Kier alpha value is -0.840. The van der Waals surface area contributed by atoms with Gasteiger partial charge in [-0.25, -0.2) is 0 Å². The molecule has 24 heteroatoms. The predicted octanol–water partition coefficient (Wildman–Crippen LogP) is -16.8. The maximum absolute atomic E-state index is 10.2. The number of carbonyl (C=O) groups excluding carboxylic acids is 4.